The number of nitrogens with zero attached hydrogens (tertiary/aromatic N) is 1. The topological polar surface area (TPSA) is 3.88 Å². The van der Waals surface area contributed by atoms with Crippen LogP contribution in [0.15, 0.2) is 42.6 Å². The minimum absolute atomic E-state index is 0.0661. The number of hydrogen-bond acceptors (Lipinski definition) is 0. The summed E-state index contributed by atoms with van der Waals surface area (Å²) in [6.07, 6.45) is 2.18. The molecule has 1 nitrogen and oxygen atoms in total. The second-order valence-corrected chi connectivity index (χ2v) is 7.93. The first kappa shape index (κ1) is 15.8. The molecule has 0 aliphatic heterocycles. The monoisotopic (exact) mass is 282 g/mol. The van der Waals surface area contributed by atoms with E-state index < -0.39 is 0 Å². The van der Waals surface area contributed by atoms with Crippen molar-refractivity contribution in [1.82, 2.24) is 0 Å². The Balaban J connectivity index is 2.75. The van der Waals surface area contributed by atoms with Crippen LogP contribution in [0.5, 0.6) is 0 Å². The fourth-order valence-electron chi connectivity index (χ4n) is 2.75. The Morgan fingerprint density at radius 3 is 2.10 bits per heavy atom. The van der Waals surface area contributed by atoms with Gasteiger partial charge in [0.2, 0.25) is 5.69 Å². The molecule has 0 radical (unpaired) electrons. The van der Waals surface area contributed by atoms with Crippen LogP contribution >= 0.6 is 0 Å². The fraction of sp³-hybridized carbons (Fsp3) is 0.450. The van der Waals surface area contributed by atoms with E-state index in [1.54, 1.807) is 0 Å². The molecule has 0 amide bonds. The summed E-state index contributed by atoms with van der Waals surface area (Å²) < 4.78 is 2.37. The van der Waals surface area contributed by atoms with Gasteiger partial charge in [0.15, 0.2) is 11.7 Å². The lowest BCUT2D eigenvalue weighted by molar-refractivity contribution is -0.744. The van der Waals surface area contributed by atoms with Crippen molar-refractivity contribution < 1.29 is 4.57 Å². The van der Waals surface area contributed by atoms with Crippen molar-refractivity contribution in [2.75, 3.05) is 0 Å². The molecule has 1 heteroatoms. The number of rotatable bonds is 1. The quantitative estimate of drug-likeness (QED) is 0.648. The van der Waals surface area contributed by atoms with Gasteiger partial charge in [-0.2, -0.15) is 4.57 Å². The molecule has 0 atom stereocenters. The van der Waals surface area contributed by atoms with Gasteiger partial charge in [0.05, 0.1) is 0 Å². The van der Waals surface area contributed by atoms with Crippen molar-refractivity contribution in [3.8, 4) is 11.3 Å². The summed E-state index contributed by atoms with van der Waals surface area (Å²) in [4.78, 5) is 0. The molecule has 1 aromatic heterocycles. The first-order valence-electron chi connectivity index (χ1n) is 7.73. The lowest BCUT2D eigenvalue weighted by Crippen LogP contribution is -2.51. The van der Waals surface area contributed by atoms with E-state index in [4.69, 9.17) is 0 Å². The van der Waals surface area contributed by atoms with Crippen molar-refractivity contribution in [3.63, 3.8) is 0 Å². The van der Waals surface area contributed by atoms with E-state index in [2.05, 4.69) is 95.6 Å². The maximum atomic E-state index is 2.37. The van der Waals surface area contributed by atoms with Gasteiger partial charge >= 0.3 is 0 Å². The molecule has 0 aliphatic rings. The minimum Gasteiger partial charge on any atom is -0.194 e. The zero-order chi connectivity index (χ0) is 15.8. The van der Waals surface area contributed by atoms with Gasteiger partial charge in [0.1, 0.15) is 0 Å². The predicted octanol–water partition coefficient (Wildman–Crippen LogP) is 5.00. The van der Waals surface area contributed by atoms with Crippen LogP contribution in [0.4, 0.5) is 0 Å². The molecule has 0 fully saturated rings. The average molecular weight is 282 g/mol. The van der Waals surface area contributed by atoms with Gasteiger partial charge in [-0.25, -0.2) is 0 Å². The molecular weight excluding hydrogens is 254 g/mol. The van der Waals surface area contributed by atoms with Crippen LogP contribution in [0.3, 0.4) is 0 Å². The molecule has 0 aliphatic carbocycles. The van der Waals surface area contributed by atoms with E-state index in [9.17, 15) is 0 Å². The van der Waals surface area contributed by atoms with Crippen LogP contribution < -0.4 is 4.57 Å². The molecule has 1 heterocycles. The Morgan fingerprint density at radius 2 is 1.52 bits per heavy atom. The Labute approximate surface area is 129 Å². The molecule has 0 saturated heterocycles. The van der Waals surface area contributed by atoms with Gasteiger partial charge in [-0.15, -0.1) is 0 Å². The predicted molar refractivity (Wildman–Crippen MR) is 90.5 cm³/mol. The molecule has 0 bridgehead atoms. The SMILES string of the molecule is Cc1ccc(-c2cccc[n+]2C(C)(C)C)c(C(C)(C)C)c1. The van der Waals surface area contributed by atoms with Crippen LogP contribution in [0, 0.1) is 6.92 Å². The van der Waals surface area contributed by atoms with Crippen LogP contribution in [0.25, 0.3) is 11.3 Å². The van der Waals surface area contributed by atoms with Gasteiger partial charge in [-0.1, -0.05) is 38.5 Å². The summed E-state index contributed by atoms with van der Waals surface area (Å²) in [5.41, 5.74) is 5.55. The summed E-state index contributed by atoms with van der Waals surface area (Å²) in [7, 11) is 0. The van der Waals surface area contributed by atoms with Gasteiger partial charge in [-0.3, -0.25) is 0 Å². The van der Waals surface area contributed by atoms with E-state index in [0.717, 1.165) is 0 Å². The molecular formula is C20H28N+. The molecule has 0 unspecified atom stereocenters. The summed E-state index contributed by atoms with van der Waals surface area (Å²) in [5, 5.41) is 0. The van der Waals surface area contributed by atoms with Crippen molar-refractivity contribution in [2.24, 2.45) is 0 Å². The molecule has 21 heavy (non-hydrogen) atoms. The van der Waals surface area contributed by atoms with Gasteiger partial charge in [-0.05, 0) is 30.0 Å². The standard InChI is InChI=1S/C20H28N/c1-15-11-12-16(17(14-15)19(2,3)4)18-10-8-9-13-21(18)20(5,6)7/h8-14H,1-7H3/q+1. The van der Waals surface area contributed by atoms with E-state index >= 15 is 0 Å². The highest BCUT2D eigenvalue weighted by atomic mass is 15.0. The maximum Gasteiger partial charge on any atom is 0.213 e. The van der Waals surface area contributed by atoms with Crippen LogP contribution in [0.2, 0.25) is 0 Å². The normalized spacial score (nSPS) is 12.5. The highest BCUT2D eigenvalue weighted by molar-refractivity contribution is 5.63. The number of benzene rings is 1. The Kier molecular flexibility index (Phi) is 3.97. The zero-order valence-electron chi connectivity index (χ0n) is 14.5. The van der Waals surface area contributed by atoms with E-state index in [0.29, 0.717) is 0 Å². The molecule has 2 rings (SSSR count). The Bertz CT molecular complexity index is 640. The van der Waals surface area contributed by atoms with Crippen molar-refractivity contribution in [2.45, 2.75) is 59.4 Å². The number of aromatic nitrogens is 1. The fourth-order valence-corrected chi connectivity index (χ4v) is 2.75. The van der Waals surface area contributed by atoms with Crippen LogP contribution in [-0.4, -0.2) is 0 Å². The van der Waals surface area contributed by atoms with Gasteiger partial charge < -0.3 is 0 Å². The van der Waals surface area contributed by atoms with Crippen LogP contribution in [-0.2, 0) is 11.0 Å². The highest BCUT2D eigenvalue weighted by Crippen LogP contribution is 2.33. The van der Waals surface area contributed by atoms with Crippen molar-refractivity contribution >= 4 is 0 Å². The second-order valence-electron chi connectivity index (χ2n) is 7.93. The largest absolute Gasteiger partial charge is 0.213 e. The van der Waals surface area contributed by atoms with E-state index in [-0.39, 0.29) is 11.0 Å². The van der Waals surface area contributed by atoms with Crippen molar-refractivity contribution in [1.29, 1.82) is 0 Å². The average Bonchev–Trinajstić information content (AvgIpc) is 2.36. The van der Waals surface area contributed by atoms with Gasteiger partial charge in [0, 0.05) is 38.5 Å². The molecule has 0 saturated carbocycles. The zero-order valence-corrected chi connectivity index (χ0v) is 14.5. The first-order valence-corrected chi connectivity index (χ1v) is 7.73. The molecule has 1 aromatic carbocycles. The Morgan fingerprint density at radius 1 is 0.857 bits per heavy atom. The summed E-state index contributed by atoms with van der Waals surface area (Å²) >= 11 is 0. The lowest BCUT2D eigenvalue weighted by Gasteiger charge is -2.24. The van der Waals surface area contributed by atoms with Crippen LogP contribution in [0.1, 0.15) is 52.7 Å². The number of hydrogen-bond donors (Lipinski definition) is 0. The minimum atomic E-state index is 0.0661. The number of aryl methyl sites for hydroxylation is 1. The summed E-state index contributed by atoms with van der Waals surface area (Å²) in [6, 6.07) is 13.3. The summed E-state index contributed by atoms with van der Waals surface area (Å²) in [5.74, 6) is 0. The third kappa shape index (κ3) is 3.34. The third-order valence-corrected chi connectivity index (χ3v) is 3.84. The molecule has 0 N–H and O–H groups in total. The highest BCUT2D eigenvalue weighted by Gasteiger charge is 2.29. The van der Waals surface area contributed by atoms with Crippen molar-refractivity contribution in [3.05, 3.63) is 53.7 Å². The lowest BCUT2D eigenvalue weighted by atomic mass is 9.81. The smallest absolute Gasteiger partial charge is 0.194 e. The number of pyridine rings is 1. The molecule has 0 spiro atoms. The first-order chi connectivity index (χ1) is 9.60. The van der Waals surface area contributed by atoms with Gasteiger partial charge in [0.25, 0.3) is 0 Å². The molecule has 112 valence electrons. The maximum absolute atomic E-state index is 2.37. The third-order valence-electron chi connectivity index (χ3n) is 3.84. The second kappa shape index (κ2) is 5.29. The van der Waals surface area contributed by atoms with E-state index in [1.165, 1.54) is 22.4 Å². The summed E-state index contributed by atoms with van der Waals surface area (Å²) in [6.45, 7) is 15.8. The van der Waals surface area contributed by atoms with E-state index in [1.807, 2.05) is 0 Å². The molecule has 2 aromatic rings. The Hall–Kier alpha value is -1.63.